The summed E-state index contributed by atoms with van der Waals surface area (Å²) in [5, 5.41) is 5.70. The van der Waals surface area contributed by atoms with Crippen LogP contribution in [0.1, 0.15) is 36.2 Å². The number of hydrogen-bond donors (Lipinski definition) is 2. The van der Waals surface area contributed by atoms with E-state index in [0.29, 0.717) is 12.1 Å². The Morgan fingerprint density at radius 1 is 1.00 bits per heavy atom. The van der Waals surface area contributed by atoms with Crippen LogP contribution in [0.15, 0.2) is 47.3 Å². The second-order valence-corrected chi connectivity index (χ2v) is 9.22. The van der Waals surface area contributed by atoms with E-state index in [4.69, 9.17) is 0 Å². The molecule has 0 atom stereocenters. The monoisotopic (exact) mass is 552 g/mol. The lowest BCUT2D eigenvalue weighted by molar-refractivity contribution is 0.0959. The number of carbonyl (C=O) groups is 1. The van der Waals surface area contributed by atoms with Gasteiger partial charge in [-0.25, -0.2) is 18.2 Å². The summed E-state index contributed by atoms with van der Waals surface area (Å²) in [6.07, 6.45) is 0.738. The summed E-state index contributed by atoms with van der Waals surface area (Å²) in [5.74, 6) is -3.33. The lowest BCUT2D eigenvalue weighted by Gasteiger charge is -2.19. The van der Waals surface area contributed by atoms with Crippen LogP contribution >= 0.6 is 0 Å². The number of halogens is 3. The topological polar surface area (TPSA) is 92.2 Å². The number of nitrogens with one attached hydrogen (secondary N) is 2. The van der Waals surface area contributed by atoms with Gasteiger partial charge in [-0.3, -0.25) is 14.2 Å². The molecule has 0 saturated heterocycles. The normalized spacial score (nSPS) is 11.3. The van der Waals surface area contributed by atoms with E-state index in [1.165, 1.54) is 25.2 Å². The number of nitrogens with zero attached hydrogens (tertiary/aromatic N) is 4. The maximum atomic E-state index is 15.9. The molecule has 2 N–H and O–H groups in total. The minimum absolute atomic E-state index is 0.0129. The summed E-state index contributed by atoms with van der Waals surface area (Å²) in [5.41, 5.74) is -1.10. The van der Waals surface area contributed by atoms with E-state index in [1.807, 2.05) is 0 Å². The van der Waals surface area contributed by atoms with Gasteiger partial charge in [-0.2, -0.15) is 4.98 Å². The van der Waals surface area contributed by atoms with Crippen LogP contribution in [0, 0.1) is 24.4 Å². The van der Waals surface area contributed by atoms with Gasteiger partial charge in [-0.05, 0) is 62.8 Å². The Labute approximate surface area is 229 Å². The number of para-hydroxylation sites is 1. The molecule has 2 aromatic heterocycles. The van der Waals surface area contributed by atoms with E-state index < -0.39 is 34.6 Å². The lowest BCUT2D eigenvalue weighted by Crippen LogP contribution is -2.25. The number of aromatic nitrogens is 3. The largest absolute Gasteiger partial charge is 0.355 e. The summed E-state index contributed by atoms with van der Waals surface area (Å²) < 4.78 is 46.5. The molecule has 0 aliphatic carbocycles. The maximum Gasteiger partial charge on any atom is 0.256 e. The molecule has 0 spiro atoms. The molecule has 0 radical (unpaired) electrons. The fourth-order valence-electron chi connectivity index (χ4n) is 4.62. The Bertz CT molecular complexity index is 1600. The Morgan fingerprint density at radius 2 is 1.70 bits per heavy atom. The number of amides is 1. The van der Waals surface area contributed by atoms with Crippen molar-refractivity contribution in [3.8, 4) is 16.9 Å². The van der Waals surface area contributed by atoms with Crippen LogP contribution in [0.4, 0.5) is 19.1 Å². The van der Waals surface area contributed by atoms with E-state index in [2.05, 4.69) is 39.3 Å². The second-order valence-electron chi connectivity index (χ2n) is 9.22. The van der Waals surface area contributed by atoms with Crippen molar-refractivity contribution in [2.45, 2.75) is 27.2 Å². The van der Waals surface area contributed by atoms with Crippen LogP contribution in [0.25, 0.3) is 28.0 Å². The Hall–Kier alpha value is -4.25. The zero-order valence-corrected chi connectivity index (χ0v) is 22.8. The van der Waals surface area contributed by atoms with E-state index in [9.17, 15) is 18.4 Å². The molecule has 0 fully saturated rings. The van der Waals surface area contributed by atoms with Gasteiger partial charge >= 0.3 is 0 Å². The predicted molar refractivity (Wildman–Crippen MR) is 149 cm³/mol. The van der Waals surface area contributed by atoms with Gasteiger partial charge in [0, 0.05) is 30.6 Å². The highest BCUT2D eigenvalue weighted by Gasteiger charge is 2.24. The van der Waals surface area contributed by atoms with Crippen LogP contribution in [0.5, 0.6) is 0 Å². The van der Waals surface area contributed by atoms with E-state index in [1.54, 1.807) is 13.0 Å². The fraction of sp³-hybridized carbons (Fsp3) is 0.310. The quantitative estimate of drug-likeness (QED) is 0.278. The second kappa shape index (κ2) is 12.3. The van der Waals surface area contributed by atoms with Gasteiger partial charge in [0.2, 0.25) is 5.95 Å². The molecule has 0 aliphatic heterocycles. The molecule has 2 heterocycles. The van der Waals surface area contributed by atoms with Crippen LogP contribution in [-0.4, -0.2) is 58.6 Å². The van der Waals surface area contributed by atoms with Gasteiger partial charge in [-0.15, -0.1) is 0 Å². The van der Waals surface area contributed by atoms with Crippen molar-refractivity contribution in [3.63, 3.8) is 0 Å². The third-order valence-electron chi connectivity index (χ3n) is 6.80. The first-order valence-corrected chi connectivity index (χ1v) is 13.1. The van der Waals surface area contributed by atoms with Crippen molar-refractivity contribution in [2.24, 2.45) is 0 Å². The zero-order valence-electron chi connectivity index (χ0n) is 22.8. The first-order valence-electron chi connectivity index (χ1n) is 13.1. The number of fused-ring (bicyclic) bond motifs is 1. The minimum atomic E-state index is -0.965. The molecule has 0 unspecified atom stereocenters. The van der Waals surface area contributed by atoms with Crippen molar-refractivity contribution in [3.05, 3.63) is 81.4 Å². The highest BCUT2D eigenvalue weighted by Crippen LogP contribution is 2.34. The molecule has 1 amide bonds. The van der Waals surface area contributed by atoms with Gasteiger partial charge in [0.15, 0.2) is 5.65 Å². The number of pyridine rings is 1. The van der Waals surface area contributed by atoms with Gasteiger partial charge in [0.1, 0.15) is 23.1 Å². The van der Waals surface area contributed by atoms with Gasteiger partial charge in [0.25, 0.3) is 11.5 Å². The number of rotatable bonds is 10. The van der Waals surface area contributed by atoms with Gasteiger partial charge < -0.3 is 15.5 Å². The molecule has 210 valence electrons. The molecular weight excluding hydrogens is 521 g/mol. The van der Waals surface area contributed by atoms with E-state index in [-0.39, 0.29) is 33.8 Å². The molecule has 2 aromatic carbocycles. The Balaban J connectivity index is 1.98. The summed E-state index contributed by atoms with van der Waals surface area (Å²) in [7, 11) is 1.39. The number of aryl methyl sites for hydroxylation is 1. The number of benzene rings is 2. The third kappa shape index (κ3) is 5.55. The van der Waals surface area contributed by atoms with Gasteiger partial charge in [-0.1, -0.05) is 26.0 Å². The van der Waals surface area contributed by atoms with E-state index in [0.717, 1.165) is 48.8 Å². The molecular formula is C29H31F3N6O2. The summed E-state index contributed by atoms with van der Waals surface area (Å²) >= 11 is 0. The maximum absolute atomic E-state index is 15.9. The van der Waals surface area contributed by atoms with Crippen LogP contribution in [0.2, 0.25) is 0 Å². The van der Waals surface area contributed by atoms with E-state index >= 15 is 4.39 Å². The van der Waals surface area contributed by atoms with Gasteiger partial charge in [0.05, 0.1) is 11.3 Å². The predicted octanol–water partition coefficient (Wildman–Crippen LogP) is 4.68. The van der Waals surface area contributed by atoms with Crippen LogP contribution < -0.4 is 16.2 Å². The Morgan fingerprint density at radius 3 is 2.35 bits per heavy atom. The average Bonchev–Trinajstić information content (AvgIpc) is 2.93. The first kappa shape index (κ1) is 28.8. The fourth-order valence-corrected chi connectivity index (χ4v) is 4.62. The number of hydrogen-bond acceptors (Lipinski definition) is 6. The molecule has 0 saturated carbocycles. The van der Waals surface area contributed by atoms with Crippen molar-refractivity contribution < 1.29 is 18.0 Å². The Kier molecular flexibility index (Phi) is 8.83. The summed E-state index contributed by atoms with van der Waals surface area (Å²) in [6.45, 7) is 8.85. The molecule has 4 aromatic rings. The molecule has 4 rings (SSSR count). The molecule has 8 nitrogen and oxygen atoms in total. The SMILES string of the molecule is CCN(CC)CCCNc1nc(-c2c(C)ccc(C(=O)NC)c2F)c2ccc(=O)n(-c3c(F)cccc3F)c2n1. The standard InChI is InChI=1S/C29H31F3N6O2/c1-5-37(6-2)16-8-15-34-29-35-25(23-17(3)11-12-18(24(23)32)28(40)33-4)19-13-14-22(39)38(27(19)36-29)26-20(30)9-7-10-21(26)31/h7,9-14H,5-6,8,15-16H2,1-4H3,(H,33,40)(H,34,35,36). The van der Waals surface area contributed by atoms with Crippen molar-refractivity contribution >= 4 is 22.9 Å². The highest BCUT2D eigenvalue weighted by atomic mass is 19.1. The van der Waals surface area contributed by atoms with Crippen LogP contribution in [-0.2, 0) is 0 Å². The molecule has 11 heteroatoms. The van der Waals surface area contributed by atoms with Crippen molar-refractivity contribution in [2.75, 3.05) is 38.5 Å². The summed E-state index contributed by atoms with van der Waals surface area (Å²) in [6, 6.07) is 8.72. The molecule has 0 bridgehead atoms. The average molecular weight is 553 g/mol. The third-order valence-corrected chi connectivity index (χ3v) is 6.80. The smallest absolute Gasteiger partial charge is 0.256 e. The summed E-state index contributed by atoms with van der Waals surface area (Å²) in [4.78, 5) is 36.7. The number of anilines is 1. The zero-order chi connectivity index (χ0) is 29.0. The first-order chi connectivity index (χ1) is 19.2. The van der Waals surface area contributed by atoms with Crippen LogP contribution in [0.3, 0.4) is 0 Å². The molecule has 0 aliphatic rings. The molecule has 40 heavy (non-hydrogen) atoms. The minimum Gasteiger partial charge on any atom is -0.355 e. The number of carbonyl (C=O) groups excluding carboxylic acids is 1. The highest BCUT2D eigenvalue weighted by molar-refractivity contribution is 5.98. The lowest BCUT2D eigenvalue weighted by atomic mass is 9.98. The van der Waals surface area contributed by atoms with Crippen molar-refractivity contribution in [1.82, 2.24) is 24.8 Å². The van der Waals surface area contributed by atoms with Crippen molar-refractivity contribution in [1.29, 1.82) is 0 Å².